The molecular formula is C24H23ClN2OS. The fourth-order valence-corrected chi connectivity index (χ4v) is 5.28. The maximum Gasteiger partial charge on any atom is 0.250 e. The first-order valence-corrected chi connectivity index (χ1v) is 10.9. The predicted octanol–water partition coefficient (Wildman–Crippen LogP) is 6.37. The highest BCUT2D eigenvalue weighted by Gasteiger charge is 2.20. The Kier molecular flexibility index (Phi) is 5.48. The molecular weight excluding hydrogens is 400 g/mol. The molecule has 4 rings (SSSR count). The lowest BCUT2D eigenvalue weighted by Crippen LogP contribution is -2.12. The van der Waals surface area contributed by atoms with Gasteiger partial charge in [0.15, 0.2) is 0 Å². The normalized spacial score (nSPS) is 11.3. The molecule has 0 spiro atoms. The van der Waals surface area contributed by atoms with E-state index in [2.05, 4.69) is 41.8 Å². The van der Waals surface area contributed by atoms with Gasteiger partial charge in [0.2, 0.25) is 0 Å². The average molecular weight is 423 g/mol. The van der Waals surface area contributed by atoms with Crippen molar-refractivity contribution in [2.24, 2.45) is 5.73 Å². The Morgan fingerprint density at radius 1 is 1.10 bits per heavy atom. The molecule has 0 aliphatic rings. The van der Waals surface area contributed by atoms with Crippen LogP contribution < -0.4 is 5.73 Å². The van der Waals surface area contributed by atoms with Gasteiger partial charge in [0, 0.05) is 22.0 Å². The van der Waals surface area contributed by atoms with Gasteiger partial charge in [0.25, 0.3) is 5.91 Å². The lowest BCUT2D eigenvalue weighted by atomic mass is 10.1. The molecule has 0 fully saturated rings. The second kappa shape index (κ2) is 8.05. The third kappa shape index (κ3) is 3.83. The minimum Gasteiger partial charge on any atom is -0.366 e. The van der Waals surface area contributed by atoms with Gasteiger partial charge in [-0.05, 0) is 67.5 Å². The summed E-state index contributed by atoms with van der Waals surface area (Å²) in [5.41, 5.74) is 10.7. The Hall–Kier alpha value is -2.56. The number of nitrogens with zero attached hydrogens (tertiary/aromatic N) is 1. The molecule has 0 unspecified atom stereocenters. The minimum atomic E-state index is -0.382. The molecule has 2 aromatic heterocycles. The number of amides is 1. The second-order valence-electron chi connectivity index (χ2n) is 7.33. The molecule has 1 amide bonds. The molecule has 4 aromatic rings. The Morgan fingerprint density at radius 3 is 2.59 bits per heavy atom. The molecule has 0 radical (unpaired) electrons. The summed E-state index contributed by atoms with van der Waals surface area (Å²) in [5.74, 6) is -0.382. The van der Waals surface area contributed by atoms with Crippen molar-refractivity contribution < 1.29 is 4.79 Å². The van der Waals surface area contributed by atoms with E-state index >= 15 is 0 Å². The molecule has 148 valence electrons. The monoisotopic (exact) mass is 422 g/mol. The van der Waals surface area contributed by atoms with Gasteiger partial charge in [-0.1, -0.05) is 41.9 Å². The van der Waals surface area contributed by atoms with Crippen LogP contribution >= 0.6 is 22.9 Å². The Bertz CT molecular complexity index is 1190. The van der Waals surface area contributed by atoms with Crippen molar-refractivity contribution in [3.8, 4) is 10.6 Å². The van der Waals surface area contributed by atoms with E-state index in [1.165, 1.54) is 15.8 Å². The van der Waals surface area contributed by atoms with Gasteiger partial charge < -0.3 is 10.3 Å². The molecule has 5 heteroatoms. The van der Waals surface area contributed by atoms with Gasteiger partial charge in [0.05, 0.1) is 16.1 Å². The number of nitrogens with two attached hydrogens (primary N) is 1. The van der Waals surface area contributed by atoms with Crippen LogP contribution in [0.4, 0.5) is 0 Å². The number of hydrogen-bond donors (Lipinski definition) is 1. The molecule has 3 nitrogen and oxygen atoms in total. The van der Waals surface area contributed by atoms with Crippen LogP contribution in [-0.2, 0) is 13.0 Å². The molecule has 2 aromatic carbocycles. The molecule has 0 aliphatic heterocycles. The number of rotatable bonds is 6. The van der Waals surface area contributed by atoms with E-state index in [1.807, 2.05) is 31.2 Å². The highest BCUT2D eigenvalue weighted by Crippen LogP contribution is 2.40. The van der Waals surface area contributed by atoms with E-state index in [-0.39, 0.29) is 5.91 Å². The molecule has 2 N–H and O–H groups in total. The fourth-order valence-electron chi connectivity index (χ4n) is 3.89. The van der Waals surface area contributed by atoms with Crippen molar-refractivity contribution in [2.45, 2.75) is 33.2 Å². The maximum absolute atomic E-state index is 12.0. The number of carbonyl (C=O) groups excluding carboxylic acids is 1. The van der Waals surface area contributed by atoms with E-state index in [1.54, 1.807) is 11.3 Å². The van der Waals surface area contributed by atoms with Crippen molar-refractivity contribution in [1.29, 1.82) is 0 Å². The lowest BCUT2D eigenvalue weighted by Gasteiger charge is -2.12. The van der Waals surface area contributed by atoms with Crippen LogP contribution in [-0.4, -0.2) is 10.5 Å². The van der Waals surface area contributed by atoms with Gasteiger partial charge in [0.1, 0.15) is 0 Å². The quantitative estimate of drug-likeness (QED) is 0.385. The summed E-state index contributed by atoms with van der Waals surface area (Å²) in [6.07, 6.45) is 1.98. The predicted molar refractivity (Wildman–Crippen MR) is 123 cm³/mol. The number of fused-ring (bicyclic) bond motifs is 1. The molecule has 29 heavy (non-hydrogen) atoms. The smallest absolute Gasteiger partial charge is 0.250 e. The van der Waals surface area contributed by atoms with E-state index in [0.717, 1.165) is 46.1 Å². The number of aryl methyl sites for hydroxylation is 2. The van der Waals surface area contributed by atoms with Crippen LogP contribution in [0.1, 0.15) is 33.6 Å². The largest absolute Gasteiger partial charge is 0.366 e. The van der Waals surface area contributed by atoms with E-state index in [9.17, 15) is 4.79 Å². The first-order chi connectivity index (χ1) is 14.0. The van der Waals surface area contributed by atoms with Gasteiger partial charge in [-0.15, -0.1) is 11.3 Å². The van der Waals surface area contributed by atoms with Crippen LogP contribution in [0.2, 0.25) is 5.02 Å². The second-order valence-corrected chi connectivity index (χ2v) is 8.82. The molecule has 0 bridgehead atoms. The number of hydrogen-bond acceptors (Lipinski definition) is 2. The molecule has 0 saturated carbocycles. The van der Waals surface area contributed by atoms with Crippen molar-refractivity contribution in [2.75, 3.05) is 0 Å². The Morgan fingerprint density at radius 2 is 1.86 bits per heavy atom. The summed E-state index contributed by atoms with van der Waals surface area (Å²) in [6, 6.07) is 18.4. The topological polar surface area (TPSA) is 48.0 Å². The minimum absolute atomic E-state index is 0.382. The number of thiophene rings is 1. The maximum atomic E-state index is 12.0. The third-order valence-corrected chi connectivity index (χ3v) is 6.98. The van der Waals surface area contributed by atoms with E-state index in [0.29, 0.717) is 5.56 Å². The number of halogens is 1. The number of carbonyl (C=O) groups is 1. The average Bonchev–Trinajstić information content (AvgIpc) is 3.20. The summed E-state index contributed by atoms with van der Waals surface area (Å²) >= 11 is 7.94. The summed E-state index contributed by atoms with van der Waals surface area (Å²) in [7, 11) is 0. The first kappa shape index (κ1) is 19.7. The first-order valence-electron chi connectivity index (χ1n) is 9.68. The van der Waals surface area contributed by atoms with Gasteiger partial charge in [-0.3, -0.25) is 4.79 Å². The van der Waals surface area contributed by atoms with Crippen LogP contribution in [0.15, 0.2) is 54.6 Å². The summed E-state index contributed by atoms with van der Waals surface area (Å²) in [5, 5.41) is 1.89. The van der Waals surface area contributed by atoms with Crippen molar-refractivity contribution in [3.05, 3.63) is 82.0 Å². The summed E-state index contributed by atoms with van der Waals surface area (Å²) in [4.78, 5) is 13.2. The van der Waals surface area contributed by atoms with Crippen LogP contribution in [0.5, 0.6) is 0 Å². The van der Waals surface area contributed by atoms with E-state index < -0.39 is 0 Å². The van der Waals surface area contributed by atoms with Crippen LogP contribution in [0.25, 0.3) is 20.7 Å². The van der Waals surface area contributed by atoms with Gasteiger partial charge in [-0.2, -0.15) is 0 Å². The third-order valence-electron chi connectivity index (χ3n) is 5.45. The lowest BCUT2D eigenvalue weighted by molar-refractivity contribution is 0.0999. The van der Waals surface area contributed by atoms with Crippen LogP contribution in [0.3, 0.4) is 0 Å². The highest BCUT2D eigenvalue weighted by atomic mass is 35.5. The SMILES string of the molecule is Cc1c(-c2cc(C(N)=O)c(C)n2CCCc2ccccc2)sc2ccc(Cl)cc12. The zero-order valence-electron chi connectivity index (χ0n) is 16.5. The summed E-state index contributed by atoms with van der Waals surface area (Å²) in [6.45, 7) is 4.93. The van der Waals surface area contributed by atoms with Gasteiger partial charge in [-0.25, -0.2) is 0 Å². The zero-order valence-corrected chi connectivity index (χ0v) is 18.1. The highest BCUT2D eigenvalue weighted by molar-refractivity contribution is 7.22. The molecule has 0 saturated heterocycles. The Labute approximate surface area is 179 Å². The number of aromatic nitrogens is 1. The fraction of sp³-hybridized carbons (Fsp3) is 0.208. The number of primary amides is 1. The van der Waals surface area contributed by atoms with Crippen molar-refractivity contribution >= 4 is 38.9 Å². The van der Waals surface area contributed by atoms with Crippen molar-refractivity contribution in [3.63, 3.8) is 0 Å². The standard InChI is InChI=1S/C24H23ClN2OS/c1-15-19-13-18(25)10-11-22(19)29-23(15)21-14-20(24(26)28)16(2)27(21)12-6-9-17-7-4-3-5-8-17/h3-5,7-8,10-11,13-14H,6,9,12H2,1-2H3,(H2,26,28). The van der Waals surface area contributed by atoms with E-state index in [4.69, 9.17) is 17.3 Å². The van der Waals surface area contributed by atoms with Crippen molar-refractivity contribution in [1.82, 2.24) is 4.57 Å². The number of benzene rings is 2. The summed E-state index contributed by atoms with van der Waals surface area (Å²) < 4.78 is 3.43. The molecule has 0 aliphatic carbocycles. The zero-order chi connectivity index (χ0) is 20.5. The Balaban J connectivity index is 1.74. The molecule has 2 heterocycles. The van der Waals surface area contributed by atoms with Crippen LogP contribution in [0, 0.1) is 13.8 Å². The molecule has 0 atom stereocenters. The van der Waals surface area contributed by atoms with Gasteiger partial charge >= 0.3 is 0 Å².